The highest BCUT2D eigenvalue weighted by Crippen LogP contribution is 2.15. The van der Waals surface area contributed by atoms with Crippen molar-refractivity contribution in [3.63, 3.8) is 0 Å². The lowest BCUT2D eigenvalue weighted by atomic mass is 10.0. The third-order valence-electron chi connectivity index (χ3n) is 1.45. The molecule has 1 N–H and O–H groups in total. The normalized spacial score (nSPS) is 14.8. The minimum Gasteiger partial charge on any atom is -0.214 e. The number of nitriles is 1. The Morgan fingerprint density at radius 2 is 1.93 bits per heavy atom. The molecule has 14 heavy (non-hydrogen) atoms. The Bertz CT molecular complexity index is 309. The molecule has 0 aliphatic heterocycles. The van der Waals surface area contributed by atoms with Crippen molar-refractivity contribution < 1.29 is 8.42 Å². The van der Waals surface area contributed by atoms with E-state index < -0.39 is 10.0 Å². The molecule has 0 saturated heterocycles. The zero-order valence-electron chi connectivity index (χ0n) is 9.16. The lowest BCUT2D eigenvalue weighted by Crippen LogP contribution is -2.34. The van der Waals surface area contributed by atoms with Gasteiger partial charge in [-0.3, -0.25) is 0 Å². The van der Waals surface area contributed by atoms with Crippen LogP contribution >= 0.6 is 0 Å². The second-order valence-corrected chi connectivity index (χ2v) is 6.51. The molecule has 5 heteroatoms. The summed E-state index contributed by atoms with van der Waals surface area (Å²) in [5.74, 6) is -0.206. The molecule has 0 fully saturated rings. The SMILES string of the molecule is CC(C#N)CNS(=O)(=O)CC(C)(C)C. The van der Waals surface area contributed by atoms with Crippen LogP contribution in [0.2, 0.25) is 0 Å². The van der Waals surface area contributed by atoms with Crippen LogP contribution in [0.3, 0.4) is 0 Å². The highest BCUT2D eigenvalue weighted by Gasteiger charge is 2.21. The Morgan fingerprint density at radius 3 is 2.29 bits per heavy atom. The lowest BCUT2D eigenvalue weighted by Gasteiger charge is -2.18. The molecule has 1 atom stereocenters. The van der Waals surface area contributed by atoms with Crippen molar-refractivity contribution in [3.05, 3.63) is 0 Å². The summed E-state index contributed by atoms with van der Waals surface area (Å²) in [6, 6.07) is 1.97. The van der Waals surface area contributed by atoms with E-state index in [1.54, 1.807) is 6.92 Å². The first-order chi connectivity index (χ1) is 6.16. The summed E-state index contributed by atoms with van der Waals surface area (Å²) in [4.78, 5) is 0. The molecular formula is C9H18N2O2S. The van der Waals surface area contributed by atoms with Crippen LogP contribution < -0.4 is 4.72 Å². The van der Waals surface area contributed by atoms with Gasteiger partial charge in [-0.25, -0.2) is 13.1 Å². The minimum absolute atomic E-state index is 0.0815. The first-order valence-corrected chi connectivity index (χ1v) is 6.18. The highest BCUT2D eigenvalue weighted by atomic mass is 32.2. The Labute approximate surface area is 86.4 Å². The molecule has 0 rings (SSSR count). The predicted octanol–water partition coefficient (Wildman–Crippen LogP) is 1.11. The van der Waals surface area contributed by atoms with Crippen molar-refractivity contribution in [2.75, 3.05) is 12.3 Å². The Kier molecular flexibility index (Phi) is 4.56. The van der Waals surface area contributed by atoms with Gasteiger partial charge in [-0.2, -0.15) is 5.26 Å². The van der Waals surface area contributed by atoms with Crippen LogP contribution in [0.15, 0.2) is 0 Å². The minimum atomic E-state index is -3.25. The van der Waals surface area contributed by atoms with E-state index in [9.17, 15) is 8.42 Å². The first-order valence-electron chi connectivity index (χ1n) is 4.53. The standard InChI is InChI=1S/C9H18N2O2S/c1-8(5-10)6-11-14(12,13)7-9(2,3)4/h8,11H,6-7H2,1-4H3. The molecule has 0 aliphatic carbocycles. The van der Waals surface area contributed by atoms with E-state index >= 15 is 0 Å². The number of hydrogen-bond acceptors (Lipinski definition) is 3. The van der Waals surface area contributed by atoms with Crippen LogP contribution in [0, 0.1) is 22.7 Å². The smallest absolute Gasteiger partial charge is 0.212 e. The maximum Gasteiger partial charge on any atom is 0.212 e. The van der Waals surface area contributed by atoms with Crippen molar-refractivity contribution in [3.8, 4) is 6.07 Å². The average molecular weight is 218 g/mol. The number of sulfonamides is 1. The third kappa shape index (κ3) is 6.87. The van der Waals surface area contributed by atoms with Crippen LogP contribution in [0.4, 0.5) is 0 Å². The van der Waals surface area contributed by atoms with Gasteiger partial charge < -0.3 is 0 Å². The number of hydrogen-bond donors (Lipinski definition) is 1. The van der Waals surface area contributed by atoms with Gasteiger partial charge in [0.15, 0.2) is 0 Å². The van der Waals surface area contributed by atoms with Crippen LogP contribution in [0.1, 0.15) is 27.7 Å². The fourth-order valence-corrected chi connectivity index (χ4v) is 2.66. The summed E-state index contributed by atoms with van der Waals surface area (Å²) in [6.45, 7) is 7.45. The van der Waals surface area contributed by atoms with E-state index in [-0.39, 0.29) is 23.6 Å². The van der Waals surface area contributed by atoms with Crippen LogP contribution in [-0.2, 0) is 10.0 Å². The molecule has 0 spiro atoms. The van der Waals surface area contributed by atoms with Gasteiger partial charge in [-0.05, 0) is 12.3 Å². The zero-order valence-corrected chi connectivity index (χ0v) is 9.98. The number of rotatable bonds is 4. The molecule has 0 radical (unpaired) electrons. The van der Waals surface area contributed by atoms with E-state index in [2.05, 4.69) is 4.72 Å². The van der Waals surface area contributed by atoms with E-state index in [0.29, 0.717) is 0 Å². The lowest BCUT2D eigenvalue weighted by molar-refractivity contribution is 0.457. The predicted molar refractivity (Wildman–Crippen MR) is 56.0 cm³/mol. The van der Waals surface area contributed by atoms with Gasteiger partial charge in [0.1, 0.15) is 0 Å². The fourth-order valence-electron chi connectivity index (χ4n) is 0.919. The van der Waals surface area contributed by atoms with Gasteiger partial charge in [0.2, 0.25) is 10.0 Å². The van der Waals surface area contributed by atoms with Crippen molar-refractivity contribution >= 4 is 10.0 Å². The van der Waals surface area contributed by atoms with Gasteiger partial charge in [-0.15, -0.1) is 0 Å². The van der Waals surface area contributed by atoms with Gasteiger partial charge in [0.25, 0.3) is 0 Å². The molecule has 0 bridgehead atoms. The largest absolute Gasteiger partial charge is 0.214 e. The molecule has 4 nitrogen and oxygen atoms in total. The molecule has 1 unspecified atom stereocenters. The third-order valence-corrected chi connectivity index (χ3v) is 3.31. The topological polar surface area (TPSA) is 70.0 Å². The summed E-state index contributed by atoms with van der Waals surface area (Å²) in [6.07, 6.45) is 0. The molecule has 0 aromatic carbocycles. The Morgan fingerprint density at radius 1 is 1.43 bits per heavy atom. The maximum absolute atomic E-state index is 11.4. The van der Waals surface area contributed by atoms with Gasteiger partial charge in [-0.1, -0.05) is 20.8 Å². The van der Waals surface area contributed by atoms with Crippen molar-refractivity contribution in [2.24, 2.45) is 11.3 Å². The molecule has 0 aliphatic rings. The summed E-state index contributed by atoms with van der Waals surface area (Å²) in [5.41, 5.74) is -0.262. The van der Waals surface area contributed by atoms with Crippen LogP contribution in [0.5, 0.6) is 0 Å². The molecule has 0 saturated carbocycles. The number of nitrogens with zero attached hydrogens (tertiary/aromatic N) is 1. The molecule has 82 valence electrons. The van der Waals surface area contributed by atoms with E-state index in [0.717, 1.165) is 0 Å². The van der Waals surface area contributed by atoms with Gasteiger partial charge in [0.05, 0.1) is 17.7 Å². The monoisotopic (exact) mass is 218 g/mol. The summed E-state index contributed by atoms with van der Waals surface area (Å²) >= 11 is 0. The van der Waals surface area contributed by atoms with E-state index in [1.165, 1.54) is 0 Å². The van der Waals surface area contributed by atoms with Gasteiger partial charge >= 0.3 is 0 Å². The van der Waals surface area contributed by atoms with Crippen LogP contribution in [0.25, 0.3) is 0 Å². The van der Waals surface area contributed by atoms with Crippen molar-refractivity contribution in [2.45, 2.75) is 27.7 Å². The van der Waals surface area contributed by atoms with E-state index in [4.69, 9.17) is 5.26 Å². The highest BCUT2D eigenvalue weighted by molar-refractivity contribution is 7.89. The van der Waals surface area contributed by atoms with Gasteiger partial charge in [0, 0.05) is 6.54 Å². The van der Waals surface area contributed by atoms with Crippen LogP contribution in [-0.4, -0.2) is 20.7 Å². The summed E-state index contributed by atoms with van der Waals surface area (Å²) in [7, 11) is -3.25. The second-order valence-electron chi connectivity index (χ2n) is 4.70. The number of nitrogens with one attached hydrogen (secondary N) is 1. The average Bonchev–Trinajstić information content (AvgIpc) is 1.96. The molecule has 0 heterocycles. The molecular weight excluding hydrogens is 200 g/mol. The molecule has 0 amide bonds. The zero-order chi connectivity index (χ0) is 11.4. The Hall–Kier alpha value is -0.600. The molecule has 0 aromatic heterocycles. The quantitative estimate of drug-likeness (QED) is 0.768. The maximum atomic E-state index is 11.4. The summed E-state index contributed by atoms with van der Waals surface area (Å²) in [5, 5.41) is 8.48. The fraction of sp³-hybridized carbons (Fsp3) is 0.889. The van der Waals surface area contributed by atoms with E-state index in [1.807, 2.05) is 26.8 Å². The van der Waals surface area contributed by atoms with Crippen molar-refractivity contribution in [1.82, 2.24) is 4.72 Å². The summed E-state index contributed by atoms with van der Waals surface area (Å²) < 4.78 is 25.3. The first kappa shape index (κ1) is 13.4. The second kappa shape index (κ2) is 4.76. The van der Waals surface area contributed by atoms with Crippen molar-refractivity contribution in [1.29, 1.82) is 5.26 Å². The Balaban J connectivity index is 4.19. The molecule has 0 aromatic rings.